The standard InChI is InChI=1S/C19H23FN6OS/c1-23(18-15(10-21)17(22)24(2)19(28)25(18)3)16-12-26(8-9-27-16)11-13-4-6-14(20)7-5-13/h4-7,16,22H,8-9,11-12H2,1-3H3. The number of benzene rings is 1. The molecule has 0 spiro atoms. The predicted octanol–water partition coefficient (Wildman–Crippen LogP) is 1.88. The third-order valence-electron chi connectivity index (χ3n) is 5.02. The maximum absolute atomic E-state index is 13.1. The van der Waals surface area contributed by atoms with Gasteiger partial charge >= 0.3 is 0 Å². The zero-order chi connectivity index (χ0) is 20.4. The minimum absolute atomic E-state index is 0.0754. The van der Waals surface area contributed by atoms with Crippen LogP contribution >= 0.6 is 12.2 Å². The first-order chi connectivity index (χ1) is 13.3. The van der Waals surface area contributed by atoms with Crippen LogP contribution in [0.3, 0.4) is 0 Å². The molecule has 1 unspecified atom stereocenters. The van der Waals surface area contributed by atoms with Crippen molar-refractivity contribution in [1.82, 2.24) is 14.0 Å². The molecule has 1 saturated heterocycles. The summed E-state index contributed by atoms with van der Waals surface area (Å²) in [6.45, 7) is 2.60. The molecule has 1 N–H and O–H groups in total. The van der Waals surface area contributed by atoms with E-state index in [1.165, 1.54) is 16.7 Å². The van der Waals surface area contributed by atoms with Crippen LogP contribution in [0.15, 0.2) is 24.3 Å². The van der Waals surface area contributed by atoms with Gasteiger partial charge in [-0.05, 0) is 29.9 Å². The van der Waals surface area contributed by atoms with Crippen molar-refractivity contribution in [2.45, 2.75) is 12.8 Å². The van der Waals surface area contributed by atoms with Gasteiger partial charge in [0.2, 0.25) is 0 Å². The molecule has 148 valence electrons. The van der Waals surface area contributed by atoms with E-state index >= 15 is 0 Å². The molecule has 1 aromatic carbocycles. The second-order valence-corrected chi connectivity index (χ2v) is 7.22. The van der Waals surface area contributed by atoms with Gasteiger partial charge in [0.25, 0.3) is 0 Å². The molecule has 9 heteroatoms. The Morgan fingerprint density at radius 2 is 2.00 bits per heavy atom. The summed E-state index contributed by atoms with van der Waals surface area (Å²) in [5.74, 6) is 0.312. The highest BCUT2D eigenvalue weighted by Gasteiger charge is 2.27. The van der Waals surface area contributed by atoms with Gasteiger partial charge in [-0.2, -0.15) is 5.26 Å². The monoisotopic (exact) mass is 402 g/mol. The highest BCUT2D eigenvalue weighted by atomic mass is 32.1. The van der Waals surface area contributed by atoms with E-state index in [2.05, 4.69) is 11.0 Å². The second-order valence-electron chi connectivity index (χ2n) is 6.86. The molecule has 2 aromatic rings. The summed E-state index contributed by atoms with van der Waals surface area (Å²) in [6.07, 6.45) is -0.297. The summed E-state index contributed by atoms with van der Waals surface area (Å²) in [7, 11) is 5.31. The van der Waals surface area contributed by atoms with Crippen molar-refractivity contribution < 1.29 is 9.13 Å². The van der Waals surface area contributed by atoms with Gasteiger partial charge in [-0.15, -0.1) is 0 Å². The molecule has 28 heavy (non-hydrogen) atoms. The first-order valence-electron chi connectivity index (χ1n) is 8.89. The van der Waals surface area contributed by atoms with E-state index in [-0.39, 0.29) is 23.1 Å². The maximum Gasteiger partial charge on any atom is 0.182 e. The largest absolute Gasteiger partial charge is 0.356 e. The van der Waals surface area contributed by atoms with Gasteiger partial charge < -0.3 is 18.8 Å². The van der Waals surface area contributed by atoms with E-state index in [9.17, 15) is 9.65 Å². The lowest BCUT2D eigenvalue weighted by Gasteiger charge is -2.39. The fraction of sp³-hybridized carbons (Fsp3) is 0.421. The molecule has 0 aliphatic carbocycles. The van der Waals surface area contributed by atoms with Crippen molar-refractivity contribution in [3.8, 4) is 6.07 Å². The van der Waals surface area contributed by atoms with Crippen molar-refractivity contribution in [2.24, 2.45) is 14.1 Å². The lowest BCUT2D eigenvalue weighted by atomic mass is 10.2. The number of nitrogens with one attached hydrogen (secondary N) is 1. The van der Waals surface area contributed by atoms with Crippen LogP contribution < -0.4 is 10.4 Å². The number of halogens is 1. The Bertz CT molecular complexity index is 1020. The number of anilines is 1. The van der Waals surface area contributed by atoms with Crippen molar-refractivity contribution in [1.29, 1.82) is 10.7 Å². The van der Waals surface area contributed by atoms with Crippen molar-refractivity contribution in [3.63, 3.8) is 0 Å². The van der Waals surface area contributed by atoms with E-state index in [4.69, 9.17) is 22.4 Å². The Kier molecular flexibility index (Phi) is 5.93. The molecule has 0 radical (unpaired) electrons. The topological polar surface area (TPSA) is 73.2 Å². The Morgan fingerprint density at radius 3 is 2.64 bits per heavy atom. The van der Waals surface area contributed by atoms with E-state index in [0.29, 0.717) is 30.3 Å². The molecule has 0 bridgehead atoms. The van der Waals surface area contributed by atoms with Crippen LogP contribution in [-0.2, 0) is 25.4 Å². The molecule has 0 saturated carbocycles. The Labute approximate surface area is 168 Å². The van der Waals surface area contributed by atoms with Gasteiger partial charge in [0.1, 0.15) is 35.0 Å². The van der Waals surface area contributed by atoms with Crippen LogP contribution in [0.2, 0.25) is 0 Å². The average Bonchev–Trinajstić information content (AvgIpc) is 2.70. The van der Waals surface area contributed by atoms with E-state index in [1.54, 1.807) is 30.8 Å². The first-order valence-corrected chi connectivity index (χ1v) is 9.30. The molecule has 1 aliphatic rings. The molecular formula is C19H23FN6OS. The van der Waals surface area contributed by atoms with Crippen LogP contribution in [0.1, 0.15) is 11.1 Å². The number of hydrogen-bond acceptors (Lipinski definition) is 6. The van der Waals surface area contributed by atoms with Crippen LogP contribution in [0.4, 0.5) is 10.2 Å². The smallest absolute Gasteiger partial charge is 0.182 e. The number of hydrogen-bond donors (Lipinski definition) is 1. The number of aromatic nitrogens is 2. The SMILES string of the molecule is CN(c1c(C#N)c(=N)n(C)c(=S)n1C)C1CN(Cc2ccc(F)cc2)CCO1. The predicted molar refractivity (Wildman–Crippen MR) is 106 cm³/mol. The number of morpholine rings is 1. The molecule has 3 rings (SSSR count). The first kappa shape index (κ1) is 20.2. The lowest BCUT2D eigenvalue weighted by Crippen LogP contribution is -2.51. The normalized spacial score (nSPS) is 17.3. The third kappa shape index (κ3) is 3.85. The average molecular weight is 402 g/mol. The Morgan fingerprint density at radius 1 is 1.32 bits per heavy atom. The molecule has 1 fully saturated rings. The van der Waals surface area contributed by atoms with Crippen molar-refractivity contribution >= 4 is 18.0 Å². The van der Waals surface area contributed by atoms with E-state index in [1.807, 2.05) is 11.9 Å². The fourth-order valence-electron chi connectivity index (χ4n) is 3.41. The van der Waals surface area contributed by atoms with Gasteiger partial charge in [0.15, 0.2) is 4.77 Å². The molecule has 0 amide bonds. The highest BCUT2D eigenvalue weighted by molar-refractivity contribution is 7.71. The summed E-state index contributed by atoms with van der Waals surface area (Å²) in [6, 6.07) is 8.61. The summed E-state index contributed by atoms with van der Waals surface area (Å²) >= 11 is 5.41. The van der Waals surface area contributed by atoms with Gasteiger partial charge in [0, 0.05) is 40.8 Å². The van der Waals surface area contributed by atoms with Crippen molar-refractivity contribution in [2.75, 3.05) is 31.6 Å². The number of rotatable bonds is 4. The number of nitriles is 1. The Hall–Kier alpha value is -2.54. The number of likely N-dealkylation sites (N-methyl/N-ethyl adjacent to an activating group) is 1. The molecule has 2 heterocycles. The van der Waals surface area contributed by atoms with Crippen LogP contribution in [0, 0.1) is 27.3 Å². The molecule has 7 nitrogen and oxygen atoms in total. The molecule has 1 aromatic heterocycles. The number of nitrogens with zero attached hydrogens (tertiary/aromatic N) is 5. The fourth-order valence-corrected chi connectivity index (χ4v) is 3.59. The molecule has 1 atom stereocenters. The van der Waals surface area contributed by atoms with Gasteiger partial charge in [0.05, 0.1) is 6.61 Å². The van der Waals surface area contributed by atoms with Crippen molar-refractivity contribution in [3.05, 3.63) is 51.5 Å². The lowest BCUT2D eigenvalue weighted by molar-refractivity contribution is -0.0304. The molecule has 1 aliphatic heterocycles. The molecular weight excluding hydrogens is 379 g/mol. The third-order valence-corrected chi connectivity index (χ3v) is 5.56. The minimum atomic E-state index is -0.297. The zero-order valence-corrected chi connectivity index (χ0v) is 17.0. The number of ether oxygens (including phenoxy) is 1. The second kappa shape index (κ2) is 8.22. The van der Waals surface area contributed by atoms with E-state index in [0.717, 1.165) is 12.1 Å². The summed E-state index contributed by atoms with van der Waals surface area (Å²) in [5.41, 5.74) is 1.35. The quantitative estimate of drug-likeness (QED) is 0.791. The Balaban J connectivity index is 1.86. The maximum atomic E-state index is 13.1. The zero-order valence-electron chi connectivity index (χ0n) is 16.1. The summed E-state index contributed by atoms with van der Waals surface area (Å²) < 4.78 is 22.8. The summed E-state index contributed by atoms with van der Waals surface area (Å²) in [4.78, 5) is 4.09. The van der Waals surface area contributed by atoms with Gasteiger partial charge in [-0.25, -0.2) is 4.39 Å². The summed E-state index contributed by atoms with van der Waals surface area (Å²) in [5, 5.41) is 17.9. The van der Waals surface area contributed by atoms with Crippen LogP contribution in [0.25, 0.3) is 0 Å². The minimum Gasteiger partial charge on any atom is -0.356 e. The van der Waals surface area contributed by atoms with Crippen LogP contribution in [0.5, 0.6) is 0 Å². The highest BCUT2D eigenvalue weighted by Crippen LogP contribution is 2.21. The van der Waals surface area contributed by atoms with Crippen LogP contribution in [-0.4, -0.2) is 47.0 Å². The van der Waals surface area contributed by atoms with E-state index < -0.39 is 0 Å². The van der Waals surface area contributed by atoms with Gasteiger partial charge in [-0.1, -0.05) is 12.1 Å². The van der Waals surface area contributed by atoms with Gasteiger partial charge in [-0.3, -0.25) is 10.3 Å².